The van der Waals surface area contributed by atoms with E-state index in [2.05, 4.69) is 15.4 Å². The molecular formula is C20H22FN3O2. The number of methoxy groups -OCH3 is 1. The molecule has 1 amide bonds. The largest absolute Gasteiger partial charge is 0.497 e. The van der Waals surface area contributed by atoms with E-state index in [1.54, 1.807) is 44.4 Å². The number of anilines is 1. The zero-order valence-electron chi connectivity index (χ0n) is 15.0. The van der Waals surface area contributed by atoms with Gasteiger partial charge in [-0.25, -0.2) is 9.82 Å². The van der Waals surface area contributed by atoms with Crippen LogP contribution in [0.3, 0.4) is 0 Å². The standard InChI is InChI=1S/C20H22FN3O2/c1-14(22-23-20(25)15-5-8-17(26-2)9-6-15)16-7-10-19(18(21)13-16)24-11-3-4-12-24/h5-10,13H,3-4,11-12H2,1-2H3,(H,23,25)/b22-14-. The second-order valence-electron chi connectivity index (χ2n) is 6.23. The van der Waals surface area contributed by atoms with Crippen molar-refractivity contribution in [2.45, 2.75) is 19.8 Å². The zero-order valence-corrected chi connectivity index (χ0v) is 15.0. The minimum Gasteiger partial charge on any atom is -0.497 e. The van der Waals surface area contributed by atoms with Gasteiger partial charge < -0.3 is 9.64 Å². The Labute approximate surface area is 152 Å². The number of benzene rings is 2. The Balaban J connectivity index is 1.68. The first-order valence-corrected chi connectivity index (χ1v) is 8.62. The van der Waals surface area contributed by atoms with Gasteiger partial charge in [0, 0.05) is 24.2 Å². The minimum absolute atomic E-state index is 0.263. The molecule has 0 aromatic heterocycles. The van der Waals surface area contributed by atoms with E-state index in [-0.39, 0.29) is 11.7 Å². The van der Waals surface area contributed by atoms with Gasteiger partial charge in [-0.05, 0) is 56.2 Å². The molecule has 0 aliphatic carbocycles. The summed E-state index contributed by atoms with van der Waals surface area (Å²) >= 11 is 0. The Morgan fingerprint density at radius 1 is 1.12 bits per heavy atom. The van der Waals surface area contributed by atoms with E-state index >= 15 is 0 Å². The summed E-state index contributed by atoms with van der Waals surface area (Å²) in [7, 11) is 1.57. The molecule has 1 aliphatic rings. The lowest BCUT2D eigenvalue weighted by Crippen LogP contribution is -2.20. The number of halogens is 1. The predicted molar refractivity (Wildman–Crippen MR) is 101 cm³/mol. The van der Waals surface area contributed by atoms with Gasteiger partial charge in [0.1, 0.15) is 11.6 Å². The fraction of sp³-hybridized carbons (Fsp3) is 0.300. The highest BCUT2D eigenvalue weighted by molar-refractivity contribution is 6.01. The number of hydrazone groups is 1. The molecule has 26 heavy (non-hydrogen) atoms. The van der Waals surface area contributed by atoms with Crippen molar-refractivity contribution < 1.29 is 13.9 Å². The Morgan fingerprint density at radius 2 is 1.77 bits per heavy atom. The van der Waals surface area contributed by atoms with Gasteiger partial charge in [-0.15, -0.1) is 0 Å². The maximum Gasteiger partial charge on any atom is 0.271 e. The molecule has 2 aromatic rings. The van der Waals surface area contributed by atoms with Gasteiger partial charge in [-0.1, -0.05) is 6.07 Å². The summed E-state index contributed by atoms with van der Waals surface area (Å²) in [5.74, 6) is 0.0800. The summed E-state index contributed by atoms with van der Waals surface area (Å²) in [6.45, 7) is 3.51. The van der Waals surface area contributed by atoms with Gasteiger partial charge in [-0.3, -0.25) is 4.79 Å². The highest BCUT2D eigenvalue weighted by Crippen LogP contribution is 2.24. The van der Waals surface area contributed by atoms with Crippen molar-refractivity contribution >= 4 is 17.3 Å². The van der Waals surface area contributed by atoms with Crippen LogP contribution >= 0.6 is 0 Å². The number of carbonyl (C=O) groups excluding carboxylic acids is 1. The molecule has 0 atom stereocenters. The van der Waals surface area contributed by atoms with E-state index in [1.165, 1.54) is 6.07 Å². The lowest BCUT2D eigenvalue weighted by molar-refractivity contribution is 0.0955. The summed E-state index contributed by atoms with van der Waals surface area (Å²) < 4.78 is 19.5. The van der Waals surface area contributed by atoms with Crippen LogP contribution in [0.15, 0.2) is 47.6 Å². The van der Waals surface area contributed by atoms with Crippen molar-refractivity contribution in [1.29, 1.82) is 0 Å². The summed E-state index contributed by atoms with van der Waals surface area (Å²) in [4.78, 5) is 14.2. The van der Waals surface area contributed by atoms with Crippen molar-refractivity contribution in [1.82, 2.24) is 5.43 Å². The van der Waals surface area contributed by atoms with Crippen LogP contribution in [-0.4, -0.2) is 31.8 Å². The van der Waals surface area contributed by atoms with Crippen LogP contribution in [0.5, 0.6) is 5.75 Å². The molecule has 3 rings (SSSR count). The average molecular weight is 355 g/mol. The number of hydrogen-bond acceptors (Lipinski definition) is 4. The number of nitrogens with one attached hydrogen (secondary N) is 1. The van der Waals surface area contributed by atoms with Crippen LogP contribution < -0.4 is 15.1 Å². The first-order valence-electron chi connectivity index (χ1n) is 8.62. The SMILES string of the molecule is COc1ccc(C(=O)N/N=C(/C)c2ccc(N3CCCC3)c(F)c2)cc1. The molecule has 5 nitrogen and oxygen atoms in total. The molecular weight excluding hydrogens is 333 g/mol. The number of amides is 1. The second-order valence-corrected chi connectivity index (χ2v) is 6.23. The third-order valence-corrected chi connectivity index (χ3v) is 4.49. The van der Waals surface area contributed by atoms with Crippen molar-refractivity contribution in [3.8, 4) is 5.75 Å². The number of rotatable bonds is 5. The molecule has 0 radical (unpaired) electrons. The molecule has 1 saturated heterocycles. The lowest BCUT2D eigenvalue weighted by atomic mass is 10.1. The lowest BCUT2D eigenvalue weighted by Gasteiger charge is -2.18. The average Bonchev–Trinajstić information content (AvgIpc) is 3.20. The van der Waals surface area contributed by atoms with Crippen LogP contribution in [0, 0.1) is 5.82 Å². The summed E-state index contributed by atoms with van der Waals surface area (Å²) in [6.07, 6.45) is 2.19. The van der Waals surface area contributed by atoms with Crippen molar-refractivity contribution in [2.75, 3.05) is 25.1 Å². The molecule has 0 spiro atoms. The highest BCUT2D eigenvalue weighted by Gasteiger charge is 2.16. The first kappa shape index (κ1) is 17.9. The van der Waals surface area contributed by atoms with E-state index in [1.807, 2.05) is 6.07 Å². The molecule has 1 heterocycles. The van der Waals surface area contributed by atoms with Crippen molar-refractivity contribution in [2.24, 2.45) is 5.10 Å². The van der Waals surface area contributed by atoms with Crippen LogP contribution in [0.1, 0.15) is 35.7 Å². The number of carbonyl (C=O) groups is 1. The summed E-state index contributed by atoms with van der Waals surface area (Å²) in [5, 5.41) is 4.09. The molecule has 1 aliphatic heterocycles. The van der Waals surface area contributed by atoms with Gasteiger partial charge >= 0.3 is 0 Å². The topological polar surface area (TPSA) is 53.9 Å². The minimum atomic E-state index is -0.332. The third-order valence-electron chi connectivity index (χ3n) is 4.49. The van der Waals surface area contributed by atoms with Crippen molar-refractivity contribution in [3.05, 3.63) is 59.4 Å². The van der Waals surface area contributed by atoms with Gasteiger partial charge in [0.05, 0.1) is 18.5 Å². The van der Waals surface area contributed by atoms with Crippen LogP contribution in [0.2, 0.25) is 0 Å². The van der Waals surface area contributed by atoms with Crippen LogP contribution in [-0.2, 0) is 0 Å². The smallest absolute Gasteiger partial charge is 0.271 e. The first-order chi connectivity index (χ1) is 12.6. The molecule has 2 aromatic carbocycles. The Morgan fingerprint density at radius 3 is 2.38 bits per heavy atom. The molecule has 1 fully saturated rings. The third kappa shape index (κ3) is 4.02. The molecule has 6 heteroatoms. The maximum atomic E-state index is 14.4. The fourth-order valence-corrected chi connectivity index (χ4v) is 2.95. The van der Waals surface area contributed by atoms with E-state index in [9.17, 15) is 9.18 Å². The number of nitrogens with zero attached hydrogens (tertiary/aromatic N) is 2. The predicted octanol–water partition coefficient (Wildman–Crippen LogP) is 3.59. The maximum absolute atomic E-state index is 14.4. The van der Waals surface area contributed by atoms with Crippen LogP contribution in [0.4, 0.5) is 10.1 Å². The van der Waals surface area contributed by atoms with E-state index in [0.29, 0.717) is 28.3 Å². The van der Waals surface area contributed by atoms with Gasteiger partial charge in [-0.2, -0.15) is 5.10 Å². The van der Waals surface area contributed by atoms with Gasteiger partial charge in [0.15, 0.2) is 0 Å². The molecule has 136 valence electrons. The Hall–Kier alpha value is -2.89. The quantitative estimate of drug-likeness (QED) is 0.659. The van der Waals surface area contributed by atoms with Gasteiger partial charge in [0.25, 0.3) is 5.91 Å². The number of ether oxygens (including phenoxy) is 1. The summed E-state index contributed by atoms with van der Waals surface area (Å²) in [6, 6.07) is 11.8. The van der Waals surface area contributed by atoms with E-state index < -0.39 is 0 Å². The van der Waals surface area contributed by atoms with E-state index in [0.717, 1.165) is 25.9 Å². The fourth-order valence-electron chi connectivity index (χ4n) is 2.95. The Kier molecular flexibility index (Phi) is 5.51. The molecule has 0 unspecified atom stereocenters. The Bertz CT molecular complexity index is 812. The molecule has 1 N–H and O–H groups in total. The zero-order chi connectivity index (χ0) is 18.5. The summed E-state index contributed by atoms with van der Waals surface area (Å²) in [5.41, 5.74) is 4.78. The number of hydrogen-bond donors (Lipinski definition) is 1. The van der Waals surface area contributed by atoms with E-state index in [4.69, 9.17) is 4.74 Å². The normalized spacial score (nSPS) is 14.4. The van der Waals surface area contributed by atoms with Gasteiger partial charge in [0.2, 0.25) is 0 Å². The molecule has 0 saturated carbocycles. The second kappa shape index (κ2) is 7.99. The highest BCUT2D eigenvalue weighted by atomic mass is 19.1. The molecule has 0 bridgehead atoms. The van der Waals surface area contributed by atoms with Crippen LogP contribution in [0.25, 0.3) is 0 Å². The monoisotopic (exact) mass is 355 g/mol. The van der Waals surface area contributed by atoms with Crippen molar-refractivity contribution in [3.63, 3.8) is 0 Å².